The summed E-state index contributed by atoms with van der Waals surface area (Å²) in [7, 11) is 3.73. The molecule has 4 nitrogen and oxygen atoms in total. The molecule has 0 spiro atoms. The zero-order chi connectivity index (χ0) is 9.40. The third-order valence-corrected chi connectivity index (χ3v) is 1.47. The van der Waals surface area contributed by atoms with Crippen molar-refractivity contribution in [3.63, 3.8) is 0 Å². The predicted molar refractivity (Wildman–Crippen MR) is 47.0 cm³/mol. The molecule has 0 amide bonds. The lowest BCUT2D eigenvalue weighted by Crippen LogP contribution is -2.34. The zero-order valence-corrected chi connectivity index (χ0v) is 8.12. The average molecular weight is 177 g/mol. The van der Waals surface area contributed by atoms with E-state index in [0.29, 0.717) is 19.8 Å². The van der Waals surface area contributed by atoms with Gasteiger partial charge in [-0.2, -0.15) is 0 Å². The largest absolute Gasteiger partial charge is 0.392 e. The summed E-state index contributed by atoms with van der Waals surface area (Å²) in [5.74, 6) is 0. The number of hydrogen-bond donors (Lipinski definition) is 1. The van der Waals surface area contributed by atoms with E-state index in [1.165, 1.54) is 0 Å². The molecule has 0 saturated carbocycles. The lowest BCUT2D eigenvalue weighted by molar-refractivity contribution is -0.0813. The highest BCUT2D eigenvalue weighted by molar-refractivity contribution is 4.50. The van der Waals surface area contributed by atoms with E-state index in [1.807, 2.05) is 25.9 Å². The van der Waals surface area contributed by atoms with E-state index in [9.17, 15) is 0 Å². The molecular formula is C8H19NO3. The summed E-state index contributed by atoms with van der Waals surface area (Å²) in [6, 6.07) is 0. The summed E-state index contributed by atoms with van der Waals surface area (Å²) in [4.78, 5) is 1.83. The second-order valence-electron chi connectivity index (χ2n) is 2.67. The standard InChI is InChI=1S/C8H19NO3/c1-4-11-5-6-12-8(7-10)9(2)3/h8,10H,4-7H2,1-3H3. The van der Waals surface area contributed by atoms with Crippen LogP contribution in [0.1, 0.15) is 6.92 Å². The van der Waals surface area contributed by atoms with Crippen LogP contribution in [0.3, 0.4) is 0 Å². The molecule has 4 heteroatoms. The molecule has 74 valence electrons. The second-order valence-corrected chi connectivity index (χ2v) is 2.67. The molecule has 0 aromatic carbocycles. The number of likely N-dealkylation sites (N-methyl/N-ethyl adjacent to an activating group) is 1. The molecular weight excluding hydrogens is 158 g/mol. The van der Waals surface area contributed by atoms with E-state index in [4.69, 9.17) is 14.6 Å². The van der Waals surface area contributed by atoms with Crippen molar-refractivity contribution in [1.82, 2.24) is 4.90 Å². The molecule has 12 heavy (non-hydrogen) atoms. The van der Waals surface area contributed by atoms with Gasteiger partial charge >= 0.3 is 0 Å². The fourth-order valence-electron chi connectivity index (χ4n) is 0.752. The van der Waals surface area contributed by atoms with Gasteiger partial charge in [0.1, 0.15) is 6.23 Å². The molecule has 0 fully saturated rings. The Kier molecular flexibility index (Phi) is 7.39. The number of aliphatic hydroxyl groups is 1. The van der Waals surface area contributed by atoms with Gasteiger partial charge in [0, 0.05) is 6.61 Å². The van der Waals surface area contributed by atoms with Gasteiger partial charge in [-0.3, -0.25) is 4.90 Å². The van der Waals surface area contributed by atoms with E-state index in [1.54, 1.807) is 0 Å². The van der Waals surface area contributed by atoms with E-state index in [0.717, 1.165) is 0 Å². The number of nitrogens with zero attached hydrogens (tertiary/aromatic N) is 1. The molecule has 0 aliphatic carbocycles. The number of aliphatic hydroxyl groups excluding tert-OH is 1. The maximum absolute atomic E-state index is 8.85. The Balaban J connectivity index is 3.32. The molecule has 0 aliphatic heterocycles. The van der Waals surface area contributed by atoms with Crippen molar-refractivity contribution in [1.29, 1.82) is 0 Å². The first-order valence-corrected chi connectivity index (χ1v) is 4.19. The minimum Gasteiger partial charge on any atom is -0.392 e. The van der Waals surface area contributed by atoms with Crippen molar-refractivity contribution in [2.75, 3.05) is 40.5 Å². The Morgan fingerprint density at radius 2 is 2.00 bits per heavy atom. The Hall–Kier alpha value is -0.160. The lowest BCUT2D eigenvalue weighted by atomic mass is 10.5. The van der Waals surface area contributed by atoms with Gasteiger partial charge in [-0.15, -0.1) is 0 Å². The van der Waals surface area contributed by atoms with Crippen LogP contribution in [-0.4, -0.2) is 56.8 Å². The van der Waals surface area contributed by atoms with Crippen molar-refractivity contribution < 1.29 is 14.6 Å². The monoisotopic (exact) mass is 177 g/mol. The van der Waals surface area contributed by atoms with E-state index < -0.39 is 0 Å². The third kappa shape index (κ3) is 5.49. The molecule has 0 aromatic heterocycles. The maximum Gasteiger partial charge on any atom is 0.133 e. The smallest absolute Gasteiger partial charge is 0.133 e. The highest BCUT2D eigenvalue weighted by Crippen LogP contribution is 1.93. The molecule has 0 rings (SSSR count). The fraction of sp³-hybridized carbons (Fsp3) is 1.00. The summed E-state index contributed by atoms with van der Waals surface area (Å²) < 4.78 is 10.4. The summed E-state index contributed by atoms with van der Waals surface area (Å²) in [6.45, 7) is 3.77. The topological polar surface area (TPSA) is 41.9 Å². The quantitative estimate of drug-likeness (QED) is 0.436. The van der Waals surface area contributed by atoms with Crippen molar-refractivity contribution in [2.45, 2.75) is 13.2 Å². The number of ether oxygens (including phenoxy) is 2. The van der Waals surface area contributed by atoms with Gasteiger partial charge in [0.25, 0.3) is 0 Å². The first-order chi connectivity index (χ1) is 5.72. The van der Waals surface area contributed by atoms with Gasteiger partial charge in [-0.05, 0) is 21.0 Å². The van der Waals surface area contributed by atoms with Gasteiger partial charge in [0.05, 0.1) is 19.8 Å². The fourth-order valence-corrected chi connectivity index (χ4v) is 0.752. The maximum atomic E-state index is 8.85. The van der Waals surface area contributed by atoms with Gasteiger partial charge in [-0.1, -0.05) is 0 Å². The first-order valence-electron chi connectivity index (χ1n) is 4.19. The second kappa shape index (κ2) is 7.49. The van der Waals surface area contributed by atoms with Crippen LogP contribution in [0.5, 0.6) is 0 Å². The minimum atomic E-state index is -0.217. The van der Waals surface area contributed by atoms with Crippen LogP contribution >= 0.6 is 0 Å². The first kappa shape index (κ1) is 11.8. The van der Waals surface area contributed by atoms with Gasteiger partial charge in [-0.25, -0.2) is 0 Å². The molecule has 1 atom stereocenters. The van der Waals surface area contributed by atoms with Crippen LogP contribution in [0.2, 0.25) is 0 Å². The van der Waals surface area contributed by atoms with Gasteiger partial charge < -0.3 is 14.6 Å². The Bertz CT molecular complexity index is 98.3. The van der Waals surface area contributed by atoms with Crippen LogP contribution in [0.15, 0.2) is 0 Å². The van der Waals surface area contributed by atoms with E-state index in [2.05, 4.69) is 0 Å². The molecule has 0 radical (unpaired) electrons. The van der Waals surface area contributed by atoms with Gasteiger partial charge in [0.15, 0.2) is 0 Å². The number of hydrogen-bond acceptors (Lipinski definition) is 4. The van der Waals surface area contributed by atoms with Crippen LogP contribution < -0.4 is 0 Å². The van der Waals surface area contributed by atoms with Crippen LogP contribution in [0.25, 0.3) is 0 Å². The highest BCUT2D eigenvalue weighted by atomic mass is 16.5. The Labute approximate surface area is 74.1 Å². The van der Waals surface area contributed by atoms with Crippen molar-refractivity contribution in [2.24, 2.45) is 0 Å². The van der Waals surface area contributed by atoms with E-state index in [-0.39, 0.29) is 12.8 Å². The summed E-state index contributed by atoms with van der Waals surface area (Å²) in [5.41, 5.74) is 0. The van der Waals surface area contributed by atoms with E-state index >= 15 is 0 Å². The molecule has 0 aromatic rings. The SMILES string of the molecule is CCOCCOC(CO)N(C)C. The third-order valence-electron chi connectivity index (χ3n) is 1.47. The molecule has 0 aliphatic rings. The molecule has 1 unspecified atom stereocenters. The average Bonchev–Trinajstić information content (AvgIpc) is 2.04. The van der Waals surface area contributed by atoms with Crippen molar-refractivity contribution in [3.05, 3.63) is 0 Å². The van der Waals surface area contributed by atoms with Gasteiger partial charge in [0.2, 0.25) is 0 Å². The summed E-state index contributed by atoms with van der Waals surface area (Å²) in [5, 5.41) is 8.85. The van der Waals surface area contributed by atoms with Crippen LogP contribution in [0.4, 0.5) is 0 Å². The predicted octanol–water partition coefficient (Wildman–Crippen LogP) is -0.0805. The molecule has 0 bridgehead atoms. The van der Waals surface area contributed by atoms with Crippen LogP contribution in [0, 0.1) is 0 Å². The Morgan fingerprint density at radius 1 is 1.33 bits per heavy atom. The summed E-state index contributed by atoms with van der Waals surface area (Å²) in [6.07, 6.45) is -0.217. The minimum absolute atomic E-state index is 0.0130. The molecule has 0 saturated heterocycles. The normalized spacial score (nSPS) is 13.8. The summed E-state index contributed by atoms with van der Waals surface area (Å²) >= 11 is 0. The molecule has 1 N–H and O–H groups in total. The Morgan fingerprint density at radius 3 is 2.42 bits per heavy atom. The zero-order valence-electron chi connectivity index (χ0n) is 8.12. The number of rotatable bonds is 7. The molecule has 0 heterocycles. The van der Waals surface area contributed by atoms with Crippen LogP contribution in [-0.2, 0) is 9.47 Å². The van der Waals surface area contributed by atoms with Crippen molar-refractivity contribution in [3.8, 4) is 0 Å². The highest BCUT2D eigenvalue weighted by Gasteiger charge is 2.08. The lowest BCUT2D eigenvalue weighted by Gasteiger charge is -2.22. The van der Waals surface area contributed by atoms with Crippen molar-refractivity contribution >= 4 is 0 Å².